The summed E-state index contributed by atoms with van der Waals surface area (Å²) in [7, 11) is -0.783. The van der Waals surface area contributed by atoms with Gasteiger partial charge in [0, 0.05) is 35.6 Å². The molecule has 0 saturated carbocycles. The molecule has 0 aliphatic rings. The highest BCUT2D eigenvalue weighted by Gasteiger charge is 2.24. The Morgan fingerprint density at radius 2 is 1.59 bits per heavy atom. The maximum Gasteiger partial charge on any atom is 0.240 e. The molecular formula is C25H26N2O4S. The van der Waals surface area contributed by atoms with Gasteiger partial charge in [0.25, 0.3) is 0 Å². The number of H-pyrrole nitrogens is 1. The van der Waals surface area contributed by atoms with Gasteiger partial charge in [-0.05, 0) is 35.7 Å². The van der Waals surface area contributed by atoms with Gasteiger partial charge < -0.3 is 14.5 Å². The molecule has 32 heavy (non-hydrogen) atoms. The number of para-hydroxylation sites is 1. The number of aryl methyl sites for hydroxylation is 1. The lowest BCUT2D eigenvalue weighted by atomic mass is 9.91. The normalized spacial score (nSPS) is 12.6. The fourth-order valence-corrected chi connectivity index (χ4v) is 5.28. The summed E-state index contributed by atoms with van der Waals surface area (Å²) in [5.74, 6) is 0.696. The van der Waals surface area contributed by atoms with Crippen LogP contribution in [0.1, 0.15) is 22.6 Å². The van der Waals surface area contributed by atoms with Crippen molar-refractivity contribution >= 4 is 20.9 Å². The van der Waals surface area contributed by atoms with Crippen LogP contribution in [0.2, 0.25) is 0 Å². The average Bonchev–Trinajstić information content (AvgIpc) is 3.23. The van der Waals surface area contributed by atoms with E-state index in [4.69, 9.17) is 9.47 Å². The van der Waals surface area contributed by atoms with Crippen molar-refractivity contribution < 1.29 is 17.9 Å². The quantitative estimate of drug-likeness (QED) is 0.411. The van der Waals surface area contributed by atoms with Gasteiger partial charge in [-0.25, -0.2) is 13.1 Å². The third-order valence-electron chi connectivity index (χ3n) is 5.65. The van der Waals surface area contributed by atoms with Crippen LogP contribution in [0.4, 0.5) is 0 Å². The summed E-state index contributed by atoms with van der Waals surface area (Å²) >= 11 is 0. The lowest BCUT2D eigenvalue weighted by Gasteiger charge is -2.19. The van der Waals surface area contributed by atoms with Gasteiger partial charge in [-0.2, -0.15) is 0 Å². The number of hydrogen-bond donors (Lipinski definition) is 2. The van der Waals surface area contributed by atoms with Gasteiger partial charge in [-0.15, -0.1) is 0 Å². The van der Waals surface area contributed by atoms with Crippen molar-refractivity contribution in [3.63, 3.8) is 0 Å². The van der Waals surface area contributed by atoms with Gasteiger partial charge in [0.15, 0.2) is 11.5 Å². The molecule has 1 aromatic heterocycles. The molecule has 4 rings (SSSR count). The van der Waals surface area contributed by atoms with Gasteiger partial charge in [0.2, 0.25) is 10.0 Å². The first-order valence-corrected chi connectivity index (χ1v) is 11.8. The first-order valence-electron chi connectivity index (χ1n) is 10.3. The van der Waals surface area contributed by atoms with Crippen molar-refractivity contribution in [3.05, 3.63) is 89.6 Å². The number of methoxy groups -OCH3 is 2. The Balaban J connectivity index is 1.70. The van der Waals surface area contributed by atoms with E-state index in [1.54, 1.807) is 13.0 Å². The first-order chi connectivity index (χ1) is 15.4. The second-order valence-electron chi connectivity index (χ2n) is 7.58. The predicted molar refractivity (Wildman–Crippen MR) is 126 cm³/mol. The van der Waals surface area contributed by atoms with Gasteiger partial charge in [0.1, 0.15) is 0 Å². The van der Waals surface area contributed by atoms with E-state index in [-0.39, 0.29) is 17.4 Å². The monoisotopic (exact) mass is 450 g/mol. The van der Waals surface area contributed by atoms with Gasteiger partial charge in [-0.3, -0.25) is 0 Å². The molecule has 1 heterocycles. The standard InChI is InChI=1S/C25H26N2O4S/c1-17-13-23(30-2)24(31-3)14-25(17)32(28,29)27-16-20(18-9-5-4-6-10-18)21-15-26-22-12-8-7-11-19(21)22/h4-15,20,26-27H,16H2,1-3H3. The van der Waals surface area contributed by atoms with Crippen LogP contribution in [0.15, 0.2) is 77.8 Å². The van der Waals surface area contributed by atoms with E-state index in [1.165, 1.54) is 20.3 Å². The van der Waals surface area contributed by atoms with Crippen molar-refractivity contribution in [2.45, 2.75) is 17.7 Å². The van der Waals surface area contributed by atoms with Crippen LogP contribution in [-0.2, 0) is 10.0 Å². The molecular weight excluding hydrogens is 424 g/mol. The van der Waals surface area contributed by atoms with Crippen molar-refractivity contribution in [1.82, 2.24) is 9.71 Å². The fraction of sp³-hybridized carbons (Fsp3) is 0.200. The zero-order valence-corrected chi connectivity index (χ0v) is 19.1. The molecule has 166 valence electrons. The summed E-state index contributed by atoms with van der Waals surface area (Å²) < 4.78 is 40.0. The Bertz CT molecular complexity index is 1330. The summed E-state index contributed by atoms with van der Waals surface area (Å²) in [5, 5.41) is 1.07. The van der Waals surface area contributed by atoms with Crippen LogP contribution < -0.4 is 14.2 Å². The van der Waals surface area contributed by atoms with E-state index >= 15 is 0 Å². The summed E-state index contributed by atoms with van der Waals surface area (Å²) in [5.41, 5.74) is 3.67. The van der Waals surface area contributed by atoms with Crippen LogP contribution in [0.5, 0.6) is 11.5 Å². The Morgan fingerprint density at radius 3 is 2.31 bits per heavy atom. The minimum atomic E-state index is -3.79. The van der Waals surface area contributed by atoms with E-state index in [0.29, 0.717) is 17.1 Å². The second-order valence-corrected chi connectivity index (χ2v) is 9.31. The molecule has 1 atom stereocenters. The van der Waals surface area contributed by atoms with E-state index in [1.807, 2.05) is 60.8 Å². The fourth-order valence-electron chi connectivity index (χ4n) is 4.00. The maximum atomic E-state index is 13.3. The molecule has 0 fully saturated rings. The van der Waals surface area contributed by atoms with Crippen molar-refractivity contribution in [1.29, 1.82) is 0 Å². The Morgan fingerprint density at radius 1 is 0.938 bits per heavy atom. The third kappa shape index (κ3) is 4.22. The molecule has 7 heteroatoms. The summed E-state index contributed by atoms with van der Waals surface area (Å²) in [4.78, 5) is 3.46. The van der Waals surface area contributed by atoms with E-state index in [0.717, 1.165) is 22.0 Å². The molecule has 4 aromatic rings. The van der Waals surface area contributed by atoms with Crippen molar-refractivity contribution in [2.75, 3.05) is 20.8 Å². The molecule has 0 radical (unpaired) electrons. The van der Waals surface area contributed by atoms with Crippen LogP contribution >= 0.6 is 0 Å². The minimum absolute atomic E-state index is 0.164. The highest BCUT2D eigenvalue weighted by molar-refractivity contribution is 7.89. The number of aromatic amines is 1. The molecule has 0 spiro atoms. The molecule has 0 aliphatic carbocycles. The van der Waals surface area contributed by atoms with E-state index in [2.05, 4.69) is 9.71 Å². The first kappa shape index (κ1) is 21.9. The molecule has 3 aromatic carbocycles. The van der Waals surface area contributed by atoms with E-state index in [9.17, 15) is 8.42 Å². The molecule has 6 nitrogen and oxygen atoms in total. The summed E-state index contributed by atoms with van der Waals surface area (Å²) in [6, 6.07) is 21.1. The summed E-state index contributed by atoms with van der Waals surface area (Å²) in [6.07, 6.45) is 1.96. The summed E-state index contributed by atoms with van der Waals surface area (Å²) in [6.45, 7) is 1.95. The highest BCUT2D eigenvalue weighted by atomic mass is 32.2. The Hall–Kier alpha value is -3.29. The molecule has 1 unspecified atom stereocenters. The van der Waals surface area contributed by atoms with Crippen molar-refractivity contribution in [2.24, 2.45) is 0 Å². The van der Waals surface area contributed by atoms with Crippen LogP contribution in [0.25, 0.3) is 10.9 Å². The van der Waals surface area contributed by atoms with Crippen LogP contribution in [0.3, 0.4) is 0 Å². The van der Waals surface area contributed by atoms with E-state index < -0.39 is 10.0 Å². The molecule has 2 N–H and O–H groups in total. The topological polar surface area (TPSA) is 80.4 Å². The lowest BCUT2D eigenvalue weighted by molar-refractivity contribution is 0.353. The zero-order valence-electron chi connectivity index (χ0n) is 18.3. The molecule has 0 saturated heterocycles. The van der Waals surface area contributed by atoms with Gasteiger partial charge >= 0.3 is 0 Å². The minimum Gasteiger partial charge on any atom is -0.493 e. The smallest absolute Gasteiger partial charge is 0.240 e. The maximum absolute atomic E-state index is 13.3. The number of sulfonamides is 1. The number of fused-ring (bicyclic) bond motifs is 1. The third-order valence-corrected chi connectivity index (χ3v) is 7.21. The van der Waals surface area contributed by atoms with Gasteiger partial charge in [-0.1, -0.05) is 48.5 Å². The number of hydrogen-bond acceptors (Lipinski definition) is 4. The average molecular weight is 451 g/mol. The molecule has 0 aliphatic heterocycles. The molecule has 0 bridgehead atoms. The SMILES string of the molecule is COc1cc(C)c(S(=O)(=O)NCC(c2ccccc2)c2c[nH]c3ccccc23)cc1OC. The number of ether oxygens (including phenoxy) is 2. The predicted octanol–water partition coefficient (Wildman–Crippen LogP) is 4.60. The van der Waals surface area contributed by atoms with Crippen LogP contribution in [-0.4, -0.2) is 34.2 Å². The van der Waals surface area contributed by atoms with Crippen molar-refractivity contribution in [3.8, 4) is 11.5 Å². The second kappa shape index (κ2) is 9.06. The number of rotatable bonds is 8. The number of benzene rings is 3. The Labute approximate surface area is 188 Å². The lowest BCUT2D eigenvalue weighted by Crippen LogP contribution is -2.29. The number of nitrogens with one attached hydrogen (secondary N) is 2. The van der Waals surface area contributed by atoms with Gasteiger partial charge in [0.05, 0.1) is 19.1 Å². The zero-order chi connectivity index (χ0) is 22.7. The molecule has 0 amide bonds. The largest absolute Gasteiger partial charge is 0.493 e. The Kier molecular flexibility index (Phi) is 6.21. The number of aromatic nitrogens is 1. The highest BCUT2D eigenvalue weighted by Crippen LogP contribution is 2.34. The van der Waals surface area contributed by atoms with Crippen LogP contribution in [0, 0.1) is 6.92 Å².